The van der Waals surface area contributed by atoms with Gasteiger partial charge in [0, 0.05) is 32.8 Å². The van der Waals surface area contributed by atoms with Crippen LogP contribution in [0.2, 0.25) is 0 Å². The Balaban J connectivity index is 1.26. The smallest absolute Gasteiger partial charge is 0.126 e. The van der Waals surface area contributed by atoms with Gasteiger partial charge in [0.1, 0.15) is 17.5 Å². The van der Waals surface area contributed by atoms with Crippen molar-refractivity contribution >= 4 is 43.6 Å². The molecule has 12 aromatic rings. The third kappa shape index (κ3) is 8.21. The molecule has 0 fully saturated rings. The van der Waals surface area contributed by atoms with Crippen molar-refractivity contribution in [3.05, 3.63) is 223 Å². The van der Waals surface area contributed by atoms with Crippen molar-refractivity contribution in [1.29, 1.82) is 5.26 Å². The molecule has 0 atom stereocenters. The van der Waals surface area contributed by atoms with Crippen LogP contribution in [-0.2, 0) is 0 Å². The zero-order chi connectivity index (χ0) is 54.7. The Morgan fingerprint density at radius 3 is 0.859 bits per heavy atom. The van der Waals surface area contributed by atoms with Gasteiger partial charge in [-0.2, -0.15) is 5.26 Å². The van der Waals surface area contributed by atoms with Crippen LogP contribution < -0.4 is 0 Å². The van der Waals surface area contributed by atoms with Crippen LogP contribution in [0.15, 0.2) is 140 Å². The molecule has 9 aromatic carbocycles. The molecule has 0 radical (unpaired) electrons. The van der Waals surface area contributed by atoms with E-state index in [2.05, 4.69) is 238 Å². The SMILES string of the molecule is Cc1cc(C)c(-c2ccc3c4ccc(-c5c(C)cc(C)cc5C)cc4n(-c4cc(-c5cc(C)nc(C)n5)cc(-n5c6cc(-c7c(C)cc(C)cc7C)ccc6c6ccc(-c7c(C)cc(C)cc7C)cc65)c4C#N)c3c2)c(C)c1. The lowest BCUT2D eigenvalue weighted by Crippen LogP contribution is -2.06. The molecule has 12 rings (SSSR count). The average molecular weight is 1010 g/mol. The number of aryl methyl sites for hydroxylation is 14. The van der Waals surface area contributed by atoms with Crippen LogP contribution in [0.25, 0.3) is 111 Å². The van der Waals surface area contributed by atoms with E-state index in [-0.39, 0.29) is 0 Å². The molecule has 5 heteroatoms. The molecule has 0 aliphatic rings. The second kappa shape index (κ2) is 18.7. The molecular formula is C73H65N5. The molecule has 3 aromatic heterocycles. The molecule has 382 valence electrons. The topological polar surface area (TPSA) is 59.4 Å². The predicted octanol–water partition coefficient (Wildman–Crippen LogP) is 19.2. The first kappa shape index (κ1) is 50.0. The lowest BCUT2D eigenvalue weighted by molar-refractivity contribution is 1.01. The predicted molar refractivity (Wildman–Crippen MR) is 329 cm³/mol. The van der Waals surface area contributed by atoms with Gasteiger partial charge in [0.2, 0.25) is 0 Å². The van der Waals surface area contributed by atoms with Crippen LogP contribution >= 0.6 is 0 Å². The first-order valence-electron chi connectivity index (χ1n) is 27.3. The van der Waals surface area contributed by atoms with Gasteiger partial charge in [-0.15, -0.1) is 0 Å². The maximum atomic E-state index is 12.3. The third-order valence-electron chi connectivity index (χ3n) is 16.3. The van der Waals surface area contributed by atoms with Gasteiger partial charge in [-0.3, -0.25) is 0 Å². The van der Waals surface area contributed by atoms with E-state index in [9.17, 15) is 5.26 Å². The normalized spacial score (nSPS) is 11.7. The van der Waals surface area contributed by atoms with Crippen molar-refractivity contribution in [2.45, 2.75) is 96.9 Å². The van der Waals surface area contributed by atoms with Crippen molar-refractivity contribution in [2.75, 3.05) is 0 Å². The molecule has 0 saturated carbocycles. The second-order valence-electron chi connectivity index (χ2n) is 22.6. The summed E-state index contributed by atoms with van der Waals surface area (Å²) in [6.07, 6.45) is 0. The van der Waals surface area contributed by atoms with Gasteiger partial charge in [-0.05, 0) is 228 Å². The zero-order valence-corrected chi connectivity index (χ0v) is 47.5. The van der Waals surface area contributed by atoms with Gasteiger partial charge >= 0.3 is 0 Å². The van der Waals surface area contributed by atoms with E-state index in [4.69, 9.17) is 9.97 Å². The van der Waals surface area contributed by atoms with Gasteiger partial charge in [0.25, 0.3) is 0 Å². The molecule has 5 nitrogen and oxygen atoms in total. The minimum Gasteiger partial charge on any atom is -0.308 e. The van der Waals surface area contributed by atoms with Crippen molar-refractivity contribution in [3.63, 3.8) is 0 Å². The summed E-state index contributed by atoms with van der Waals surface area (Å²) in [6, 6.07) is 55.3. The highest BCUT2D eigenvalue weighted by atomic mass is 15.0. The maximum absolute atomic E-state index is 12.3. The summed E-state index contributed by atoms with van der Waals surface area (Å²) < 4.78 is 4.76. The van der Waals surface area contributed by atoms with Crippen LogP contribution in [0.3, 0.4) is 0 Å². The molecule has 0 saturated heterocycles. The van der Waals surface area contributed by atoms with E-state index in [1.807, 2.05) is 13.8 Å². The third-order valence-corrected chi connectivity index (χ3v) is 16.3. The van der Waals surface area contributed by atoms with E-state index in [0.29, 0.717) is 11.4 Å². The Bertz CT molecular complexity index is 4000. The molecule has 0 amide bonds. The zero-order valence-electron chi connectivity index (χ0n) is 47.5. The summed E-state index contributed by atoms with van der Waals surface area (Å²) in [4.78, 5) is 9.92. The standard InChI is InChI=1S/C73H65N5/c1-39-23-43(5)70(44(6)24-39)53-15-19-58-59-20-16-54(71-45(7)25-40(2)26-46(71)8)33-65(59)77(64(58)32-53)68-36-57(63-31-51(13)75-52(14)76-63)37-69(62(68)38-74)78-66-34-55(72-47(9)27-41(3)28-48(72)10)17-21-60(66)61-22-18-56(35-67(61)78)73-49(11)29-42(4)30-50(73)12/h15-37H,1-14H3. The average Bonchev–Trinajstić information content (AvgIpc) is 4.08. The van der Waals surface area contributed by atoms with Crippen LogP contribution in [-0.4, -0.2) is 19.1 Å². The van der Waals surface area contributed by atoms with E-state index in [1.165, 1.54) is 89.0 Å². The lowest BCUT2D eigenvalue weighted by atomic mass is 9.92. The Labute approximate surface area is 459 Å². The van der Waals surface area contributed by atoms with E-state index in [0.717, 1.165) is 94.2 Å². The van der Waals surface area contributed by atoms with Crippen molar-refractivity contribution in [3.8, 4) is 73.2 Å². The van der Waals surface area contributed by atoms with Crippen LogP contribution in [0.4, 0.5) is 0 Å². The highest BCUT2D eigenvalue weighted by molar-refractivity contribution is 6.13. The van der Waals surface area contributed by atoms with Gasteiger partial charge in [0.15, 0.2) is 0 Å². The Hall–Kier alpha value is -8.85. The lowest BCUT2D eigenvalue weighted by Gasteiger charge is -2.20. The second-order valence-corrected chi connectivity index (χ2v) is 22.6. The van der Waals surface area contributed by atoms with Crippen LogP contribution in [0, 0.1) is 108 Å². The fraction of sp³-hybridized carbons (Fsp3) is 0.192. The molecule has 3 heterocycles. The molecule has 0 aliphatic heterocycles. The summed E-state index contributed by atoms with van der Waals surface area (Å²) in [5, 5.41) is 16.7. The fourth-order valence-electron chi connectivity index (χ4n) is 13.8. The van der Waals surface area contributed by atoms with Gasteiger partial charge in [0.05, 0.1) is 39.1 Å². The summed E-state index contributed by atoms with van der Waals surface area (Å²) in [5.74, 6) is 0.690. The Morgan fingerprint density at radius 2 is 0.603 bits per heavy atom. The Kier molecular flexibility index (Phi) is 12.0. The summed E-state index contributed by atoms with van der Waals surface area (Å²) in [5.41, 5.74) is 33.0. The highest BCUT2D eigenvalue weighted by Crippen LogP contribution is 2.45. The molecular weight excluding hydrogens is 947 g/mol. The monoisotopic (exact) mass is 1010 g/mol. The van der Waals surface area contributed by atoms with E-state index in [1.54, 1.807) is 0 Å². The summed E-state index contributed by atoms with van der Waals surface area (Å²) in [7, 11) is 0. The van der Waals surface area contributed by atoms with Crippen molar-refractivity contribution < 1.29 is 0 Å². The minimum absolute atomic E-state index is 0.557. The quantitative estimate of drug-likeness (QED) is 0.160. The number of fused-ring (bicyclic) bond motifs is 6. The van der Waals surface area contributed by atoms with E-state index < -0.39 is 0 Å². The first-order valence-corrected chi connectivity index (χ1v) is 27.3. The Morgan fingerprint density at radius 1 is 0.321 bits per heavy atom. The van der Waals surface area contributed by atoms with Gasteiger partial charge < -0.3 is 9.13 Å². The number of nitriles is 1. The number of rotatable bonds is 7. The molecule has 0 spiro atoms. The molecule has 78 heavy (non-hydrogen) atoms. The van der Waals surface area contributed by atoms with E-state index >= 15 is 0 Å². The fourth-order valence-corrected chi connectivity index (χ4v) is 13.8. The summed E-state index contributed by atoms with van der Waals surface area (Å²) in [6.45, 7) is 30.4. The number of benzene rings is 9. The van der Waals surface area contributed by atoms with Crippen LogP contribution in [0.5, 0.6) is 0 Å². The van der Waals surface area contributed by atoms with Crippen molar-refractivity contribution in [1.82, 2.24) is 19.1 Å². The van der Waals surface area contributed by atoms with Gasteiger partial charge in [-0.1, -0.05) is 119 Å². The number of hydrogen-bond donors (Lipinski definition) is 0. The highest BCUT2D eigenvalue weighted by Gasteiger charge is 2.26. The summed E-state index contributed by atoms with van der Waals surface area (Å²) >= 11 is 0. The minimum atomic E-state index is 0.557. The molecule has 0 unspecified atom stereocenters. The largest absolute Gasteiger partial charge is 0.308 e. The first-order chi connectivity index (χ1) is 37.3. The van der Waals surface area contributed by atoms with Gasteiger partial charge in [-0.25, -0.2) is 9.97 Å². The molecule has 0 N–H and O–H groups in total. The number of nitrogens with zero attached hydrogens (tertiary/aromatic N) is 5. The maximum Gasteiger partial charge on any atom is 0.126 e. The molecule has 0 bridgehead atoms. The molecule has 0 aliphatic carbocycles. The number of hydrogen-bond acceptors (Lipinski definition) is 3. The van der Waals surface area contributed by atoms with Crippen LogP contribution in [0.1, 0.15) is 83.8 Å². The number of aromatic nitrogens is 4. The van der Waals surface area contributed by atoms with Crippen molar-refractivity contribution in [2.24, 2.45) is 0 Å².